The molecule has 0 atom stereocenters. The predicted molar refractivity (Wildman–Crippen MR) is 106 cm³/mol. The second-order valence-corrected chi connectivity index (χ2v) is 6.70. The second kappa shape index (κ2) is 8.03. The summed E-state index contributed by atoms with van der Waals surface area (Å²) in [6, 6.07) is 11.9. The van der Waals surface area contributed by atoms with Gasteiger partial charge in [-0.05, 0) is 31.9 Å². The van der Waals surface area contributed by atoms with E-state index in [0.29, 0.717) is 30.9 Å². The Balaban J connectivity index is 1.90. The van der Waals surface area contributed by atoms with Crippen molar-refractivity contribution in [1.82, 2.24) is 20.0 Å². The third-order valence-corrected chi connectivity index (χ3v) is 4.32. The Morgan fingerprint density at radius 1 is 0.963 bits per heavy atom. The van der Waals surface area contributed by atoms with Crippen LogP contribution in [0.3, 0.4) is 0 Å². The zero-order valence-electron chi connectivity index (χ0n) is 15.9. The topological polar surface area (TPSA) is 75.5 Å². The van der Waals surface area contributed by atoms with Gasteiger partial charge in [0.25, 0.3) is 5.91 Å². The van der Waals surface area contributed by atoms with Gasteiger partial charge >= 0.3 is 0 Å². The molecule has 0 saturated heterocycles. The van der Waals surface area contributed by atoms with Crippen LogP contribution in [0.15, 0.2) is 42.6 Å². The molecule has 0 aliphatic heterocycles. The maximum absolute atomic E-state index is 12.9. The van der Waals surface area contributed by atoms with Gasteiger partial charge in [-0.25, -0.2) is 4.98 Å². The number of imidazole rings is 1. The van der Waals surface area contributed by atoms with E-state index in [0.717, 1.165) is 22.3 Å². The van der Waals surface area contributed by atoms with E-state index in [4.69, 9.17) is 0 Å². The zero-order chi connectivity index (χ0) is 19.4. The van der Waals surface area contributed by atoms with E-state index in [-0.39, 0.29) is 11.8 Å². The van der Waals surface area contributed by atoms with E-state index in [1.807, 2.05) is 60.8 Å². The Bertz CT molecular complexity index is 974. The minimum atomic E-state index is -0.175. The van der Waals surface area contributed by atoms with Crippen molar-refractivity contribution in [2.45, 2.75) is 27.2 Å². The van der Waals surface area contributed by atoms with Gasteiger partial charge in [0, 0.05) is 31.8 Å². The summed E-state index contributed by atoms with van der Waals surface area (Å²) in [4.78, 5) is 28.5. The first-order chi connectivity index (χ1) is 13.0. The molecule has 0 bridgehead atoms. The maximum atomic E-state index is 12.9. The maximum Gasteiger partial charge on any atom is 0.270 e. The monoisotopic (exact) mass is 364 g/mol. The largest absolute Gasteiger partial charge is 0.356 e. The summed E-state index contributed by atoms with van der Waals surface area (Å²) in [7, 11) is 0. The lowest BCUT2D eigenvalue weighted by molar-refractivity contribution is -0.118. The fourth-order valence-corrected chi connectivity index (χ4v) is 2.92. The number of benzene rings is 1. The van der Waals surface area contributed by atoms with Gasteiger partial charge in [0.2, 0.25) is 5.91 Å². The van der Waals surface area contributed by atoms with E-state index < -0.39 is 0 Å². The van der Waals surface area contributed by atoms with Gasteiger partial charge in [0.15, 0.2) is 0 Å². The Morgan fingerprint density at radius 3 is 2.33 bits per heavy atom. The third kappa shape index (κ3) is 4.34. The van der Waals surface area contributed by atoms with Gasteiger partial charge in [0.05, 0.1) is 0 Å². The molecule has 140 valence electrons. The average Bonchev–Trinajstić information content (AvgIpc) is 3.00. The van der Waals surface area contributed by atoms with Gasteiger partial charge in [-0.2, -0.15) is 0 Å². The molecule has 2 aromatic heterocycles. The normalized spacial score (nSPS) is 10.8. The molecule has 6 nitrogen and oxygen atoms in total. The van der Waals surface area contributed by atoms with E-state index in [1.54, 1.807) is 0 Å². The average molecular weight is 364 g/mol. The lowest BCUT2D eigenvalue weighted by atomic mass is 10.1. The van der Waals surface area contributed by atoms with Crippen molar-refractivity contribution in [2.75, 3.05) is 13.1 Å². The van der Waals surface area contributed by atoms with Crippen molar-refractivity contribution in [3.05, 3.63) is 59.4 Å². The van der Waals surface area contributed by atoms with Crippen LogP contribution in [0.2, 0.25) is 0 Å². The van der Waals surface area contributed by atoms with Crippen LogP contribution >= 0.6 is 0 Å². The van der Waals surface area contributed by atoms with Crippen molar-refractivity contribution in [3.63, 3.8) is 0 Å². The van der Waals surface area contributed by atoms with Crippen molar-refractivity contribution < 1.29 is 9.59 Å². The van der Waals surface area contributed by atoms with Crippen molar-refractivity contribution in [2.24, 2.45) is 0 Å². The summed E-state index contributed by atoms with van der Waals surface area (Å²) in [6.45, 7) is 6.50. The van der Waals surface area contributed by atoms with Crippen LogP contribution in [-0.2, 0) is 4.79 Å². The molecule has 2 N–H and O–H groups in total. The summed E-state index contributed by atoms with van der Waals surface area (Å²) < 4.78 is 1.84. The van der Waals surface area contributed by atoms with Gasteiger partial charge in [-0.3, -0.25) is 14.0 Å². The molecule has 0 unspecified atom stereocenters. The fourth-order valence-electron chi connectivity index (χ4n) is 2.92. The number of nitrogens with one attached hydrogen (secondary N) is 2. The molecule has 0 saturated carbocycles. The zero-order valence-corrected chi connectivity index (χ0v) is 15.9. The van der Waals surface area contributed by atoms with Gasteiger partial charge in [-0.1, -0.05) is 35.9 Å². The van der Waals surface area contributed by atoms with Crippen LogP contribution in [0.1, 0.15) is 35.0 Å². The van der Waals surface area contributed by atoms with E-state index >= 15 is 0 Å². The number of carbonyl (C=O) groups is 2. The highest BCUT2D eigenvalue weighted by Crippen LogP contribution is 2.25. The number of amides is 2. The molecular formula is C21H24N4O2. The van der Waals surface area contributed by atoms with Crippen LogP contribution in [-0.4, -0.2) is 34.3 Å². The lowest BCUT2D eigenvalue weighted by Crippen LogP contribution is -2.29. The molecule has 6 heteroatoms. The van der Waals surface area contributed by atoms with Crippen LogP contribution in [0.5, 0.6) is 0 Å². The van der Waals surface area contributed by atoms with Crippen LogP contribution in [0.4, 0.5) is 0 Å². The lowest BCUT2D eigenvalue weighted by Gasteiger charge is -2.08. The minimum absolute atomic E-state index is 0.0692. The van der Waals surface area contributed by atoms with Gasteiger partial charge < -0.3 is 10.6 Å². The molecule has 27 heavy (non-hydrogen) atoms. The standard InChI is InChI=1S/C21H24N4O2/c1-14-5-8-17(9-6-14)19-20(21(27)23-12-4-11-22-16(3)26)25-13-15(2)7-10-18(25)24-19/h5-10,13H,4,11-12H2,1-3H3,(H,22,26)(H,23,27). The molecule has 3 rings (SSSR count). The molecular weight excluding hydrogens is 340 g/mol. The Kier molecular flexibility index (Phi) is 5.54. The summed E-state index contributed by atoms with van der Waals surface area (Å²) >= 11 is 0. The molecule has 0 spiro atoms. The first-order valence-electron chi connectivity index (χ1n) is 9.04. The first kappa shape index (κ1) is 18.6. The van der Waals surface area contributed by atoms with Gasteiger partial charge in [-0.15, -0.1) is 0 Å². The highest BCUT2D eigenvalue weighted by atomic mass is 16.2. The predicted octanol–water partition coefficient (Wildman–Crippen LogP) is 2.87. The number of rotatable bonds is 6. The highest BCUT2D eigenvalue weighted by molar-refractivity contribution is 5.99. The SMILES string of the molecule is CC(=O)NCCCNC(=O)c1c(-c2ccc(C)cc2)nc2ccc(C)cn12. The second-order valence-electron chi connectivity index (χ2n) is 6.70. The van der Waals surface area contributed by atoms with E-state index in [1.165, 1.54) is 6.92 Å². The van der Waals surface area contributed by atoms with Crippen molar-refractivity contribution in [1.29, 1.82) is 0 Å². The fraction of sp³-hybridized carbons (Fsp3) is 0.286. The Morgan fingerprint density at radius 2 is 1.63 bits per heavy atom. The van der Waals surface area contributed by atoms with E-state index in [2.05, 4.69) is 15.6 Å². The summed E-state index contributed by atoms with van der Waals surface area (Å²) in [6.07, 6.45) is 2.59. The summed E-state index contributed by atoms with van der Waals surface area (Å²) in [5.41, 5.74) is 5.04. The molecule has 1 aromatic carbocycles. The number of hydrogen-bond donors (Lipinski definition) is 2. The van der Waals surface area contributed by atoms with Crippen molar-refractivity contribution >= 4 is 17.5 Å². The smallest absolute Gasteiger partial charge is 0.270 e. The molecule has 2 amide bonds. The number of pyridine rings is 1. The Hall–Kier alpha value is -3.15. The first-order valence-corrected chi connectivity index (χ1v) is 9.04. The number of hydrogen-bond acceptors (Lipinski definition) is 3. The summed E-state index contributed by atoms with van der Waals surface area (Å²) in [5, 5.41) is 5.67. The van der Waals surface area contributed by atoms with Crippen molar-refractivity contribution in [3.8, 4) is 11.3 Å². The van der Waals surface area contributed by atoms with Crippen LogP contribution < -0.4 is 10.6 Å². The number of aromatic nitrogens is 2. The number of fused-ring (bicyclic) bond motifs is 1. The molecule has 0 fully saturated rings. The minimum Gasteiger partial charge on any atom is -0.356 e. The molecule has 0 aliphatic carbocycles. The van der Waals surface area contributed by atoms with Crippen LogP contribution in [0.25, 0.3) is 16.9 Å². The number of nitrogens with zero attached hydrogens (tertiary/aromatic N) is 2. The highest BCUT2D eigenvalue weighted by Gasteiger charge is 2.20. The van der Waals surface area contributed by atoms with Gasteiger partial charge in [0.1, 0.15) is 17.0 Å². The quantitative estimate of drug-likeness (QED) is 0.661. The van der Waals surface area contributed by atoms with E-state index in [9.17, 15) is 9.59 Å². The Labute approximate surface area is 158 Å². The molecule has 0 radical (unpaired) electrons. The number of carbonyl (C=O) groups excluding carboxylic acids is 2. The third-order valence-electron chi connectivity index (χ3n) is 4.32. The molecule has 0 aliphatic rings. The summed E-state index contributed by atoms with van der Waals surface area (Å²) in [5.74, 6) is -0.244. The molecule has 3 aromatic rings. The molecule has 2 heterocycles. The van der Waals surface area contributed by atoms with Crippen LogP contribution in [0, 0.1) is 13.8 Å². The number of aryl methyl sites for hydroxylation is 2.